The van der Waals surface area contributed by atoms with Crippen molar-refractivity contribution in [2.45, 2.75) is 19.9 Å². The van der Waals surface area contributed by atoms with E-state index in [9.17, 15) is 0 Å². The minimum absolute atomic E-state index is 0.244. The van der Waals surface area contributed by atoms with Crippen molar-refractivity contribution in [3.63, 3.8) is 0 Å². The first-order valence-electron chi connectivity index (χ1n) is 9.78. The van der Waals surface area contributed by atoms with Gasteiger partial charge in [-0.15, -0.1) is 5.10 Å². The molecular weight excluding hydrogens is 366 g/mol. The molecule has 1 aromatic carbocycles. The van der Waals surface area contributed by atoms with Crippen molar-refractivity contribution in [1.82, 2.24) is 29.9 Å². The summed E-state index contributed by atoms with van der Waals surface area (Å²) < 4.78 is 7.39. The Balaban J connectivity index is 1.73. The molecule has 8 heteroatoms. The fraction of sp³-hybridized carbons (Fsp3) is 0.333. The normalized spacial score (nSPS) is 17.2. The summed E-state index contributed by atoms with van der Waals surface area (Å²) in [5, 5.41) is 9.47. The molecule has 1 saturated heterocycles. The van der Waals surface area contributed by atoms with Crippen LogP contribution >= 0.6 is 0 Å². The number of nitrogens with one attached hydrogen (secondary N) is 1. The van der Waals surface area contributed by atoms with E-state index in [0.29, 0.717) is 19.0 Å². The highest BCUT2D eigenvalue weighted by Crippen LogP contribution is 2.31. The number of hydrogen-bond donors (Lipinski definition) is 1. The molecule has 1 aliphatic rings. The van der Waals surface area contributed by atoms with E-state index in [-0.39, 0.29) is 6.04 Å². The molecule has 1 fully saturated rings. The third-order valence-corrected chi connectivity index (χ3v) is 5.45. The van der Waals surface area contributed by atoms with Gasteiger partial charge in [0.25, 0.3) is 0 Å². The van der Waals surface area contributed by atoms with Gasteiger partial charge in [0.1, 0.15) is 11.5 Å². The van der Waals surface area contributed by atoms with Gasteiger partial charge in [0, 0.05) is 42.3 Å². The minimum Gasteiger partial charge on any atom is -0.377 e. The van der Waals surface area contributed by atoms with Crippen LogP contribution in [0.15, 0.2) is 36.5 Å². The Morgan fingerprint density at radius 1 is 1.21 bits per heavy atom. The molecule has 0 saturated carbocycles. The standard InChI is InChI=1S/C21H23N7O/c1-13-12-29-10-9-28(13)19-11-18(20-14(2)25-26-27(20)3)23-21(24-19)16-5-4-6-17-15(16)7-8-22-17/h4-8,11,13,22H,9-10,12H2,1-3H3. The predicted molar refractivity (Wildman–Crippen MR) is 112 cm³/mol. The Kier molecular flexibility index (Phi) is 4.28. The van der Waals surface area contributed by atoms with Gasteiger partial charge in [0.05, 0.1) is 30.6 Å². The van der Waals surface area contributed by atoms with E-state index in [0.717, 1.165) is 45.9 Å². The number of anilines is 1. The summed E-state index contributed by atoms with van der Waals surface area (Å²) in [4.78, 5) is 15.5. The largest absolute Gasteiger partial charge is 0.377 e. The van der Waals surface area contributed by atoms with Crippen LogP contribution in [-0.4, -0.2) is 55.7 Å². The average Bonchev–Trinajstić information content (AvgIpc) is 3.34. The van der Waals surface area contributed by atoms with E-state index in [1.54, 1.807) is 4.68 Å². The molecule has 0 amide bonds. The number of hydrogen-bond acceptors (Lipinski definition) is 6. The average molecular weight is 389 g/mol. The minimum atomic E-state index is 0.244. The second kappa shape index (κ2) is 6.97. The lowest BCUT2D eigenvalue weighted by atomic mass is 10.1. The predicted octanol–water partition coefficient (Wildman–Crippen LogP) is 2.95. The molecule has 1 N–H and O–H groups in total. The molecule has 0 aliphatic carbocycles. The number of benzene rings is 1. The van der Waals surface area contributed by atoms with Crippen molar-refractivity contribution in [3.05, 3.63) is 42.2 Å². The Morgan fingerprint density at radius 2 is 2.10 bits per heavy atom. The van der Waals surface area contributed by atoms with E-state index < -0.39 is 0 Å². The molecule has 1 aliphatic heterocycles. The highest BCUT2D eigenvalue weighted by Gasteiger charge is 2.23. The van der Waals surface area contributed by atoms with Crippen LogP contribution in [0.4, 0.5) is 5.82 Å². The number of nitrogens with zero attached hydrogens (tertiary/aromatic N) is 6. The van der Waals surface area contributed by atoms with E-state index >= 15 is 0 Å². The lowest BCUT2D eigenvalue weighted by Crippen LogP contribution is -2.44. The first-order chi connectivity index (χ1) is 14.1. The molecule has 4 aromatic rings. The van der Waals surface area contributed by atoms with Crippen molar-refractivity contribution in [3.8, 4) is 22.8 Å². The number of H-pyrrole nitrogens is 1. The molecule has 1 unspecified atom stereocenters. The lowest BCUT2D eigenvalue weighted by Gasteiger charge is -2.34. The summed E-state index contributed by atoms with van der Waals surface area (Å²) in [7, 11) is 1.89. The quantitative estimate of drug-likeness (QED) is 0.580. The fourth-order valence-electron chi connectivity index (χ4n) is 3.98. The Morgan fingerprint density at radius 3 is 2.90 bits per heavy atom. The molecule has 1 atom stereocenters. The van der Waals surface area contributed by atoms with E-state index in [1.807, 2.05) is 32.3 Å². The first kappa shape index (κ1) is 17.8. The second-order valence-corrected chi connectivity index (χ2v) is 7.44. The summed E-state index contributed by atoms with van der Waals surface area (Å²) >= 11 is 0. The van der Waals surface area contributed by atoms with Gasteiger partial charge in [0.15, 0.2) is 5.82 Å². The first-order valence-corrected chi connectivity index (χ1v) is 9.78. The summed E-state index contributed by atoms with van der Waals surface area (Å²) in [5.41, 5.74) is 4.63. The van der Waals surface area contributed by atoms with Crippen molar-refractivity contribution >= 4 is 16.7 Å². The van der Waals surface area contributed by atoms with Gasteiger partial charge in [-0.3, -0.25) is 0 Å². The maximum Gasteiger partial charge on any atom is 0.162 e. The SMILES string of the molecule is Cc1nnn(C)c1-c1cc(N2CCOCC2C)nc(-c2cccc3[nH]ccc23)n1. The van der Waals surface area contributed by atoms with Gasteiger partial charge in [-0.1, -0.05) is 17.3 Å². The Bertz CT molecular complexity index is 1160. The van der Waals surface area contributed by atoms with Gasteiger partial charge in [-0.05, 0) is 26.0 Å². The number of rotatable bonds is 3. The zero-order chi connectivity index (χ0) is 20.0. The van der Waals surface area contributed by atoms with E-state index in [2.05, 4.69) is 45.3 Å². The van der Waals surface area contributed by atoms with E-state index in [4.69, 9.17) is 14.7 Å². The topological polar surface area (TPSA) is 84.8 Å². The van der Waals surface area contributed by atoms with Crippen molar-refractivity contribution in [2.75, 3.05) is 24.7 Å². The third kappa shape index (κ3) is 3.05. The highest BCUT2D eigenvalue weighted by atomic mass is 16.5. The molecule has 148 valence electrons. The molecule has 0 spiro atoms. The van der Waals surface area contributed by atoms with Crippen LogP contribution in [-0.2, 0) is 11.8 Å². The molecule has 4 heterocycles. The van der Waals surface area contributed by atoms with Gasteiger partial charge in [0.2, 0.25) is 0 Å². The molecule has 0 radical (unpaired) electrons. The number of aromatic amines is 1. The molecule has 3 aromatic heterocycles. The van der Waals surface area contributed by atoms with Crippen molar-refractivity contribution in [2.24, 2.45) is 7.05 Å². The number of morpholine rings is 1. The van der Waals surface area contributed by atoms with Crippen molar-refractivity contribution < 1.29 is 4.74 Å². The smallest absolute Gasteiger partial charge is 0.162 e. The lowest BCUT2D eigenvalue weighted by molar-refractivity contribution is 0.0985. The van der Waals surface area contributed by atoms with Crippen LogP contribution in [0, 0.1) is 6.92 Å². The number of fused-ring (bicyclic) bond motifs is 1. The van der Waals surface area contributed by atoms with Crippen LogP contribution in [0.5, 0.6) is 0 Å². The van der Waals surface area contributed by atoms with Crippen LogP contribution < -0.4 is 4.90 Å². The van der Waals surface area contributed by atoms with Gasteiger partial charge < -0.3 is 14.6 Å². The maximum absolute atomic E-state index is 5.62. The number of ether oxygens (including phenoxy) is 1. The fourth-order valence-corrected chi connectivity index (χ4v) is 3.98. The summed E-state index contributed by atoms with van der Waals surface area (Å²) in [5.74, 6) is 1.59. The van der Waals surface area contributed by atoms with Crippen LogP contribution in [0.2, 0.25) is 0 Å². The number of aryl methyl sites for hydroxylation is 2. The summed E-state index contributed by atoms with van der Waals surface area (Å²) in [6, 6.07) is 10.5. The van der Waals surface area contributed by atoms with E-state index in [1.165, 1.54) is 0 Å². The summed E-state index contributed by atoms with van der Waals surface area (Å²) in [6.07, 6.45) is 1.94. The zero-order valence-corrected chi connectivity index (χ0v) is 16.8. The van der Waals surface area contributed by atoms with Crippen LogP contribution in [0.25, 0.3) is 33.7 Å². The molecular formula is C21H23N7O. The second-order valence-electron chi connectivity index (χ2n) is 7.44. The van der Waals surface area contributed by atoms with Crippen LogP contribution in [0.1, 0.15) is 12.6 Å². The molecule has 8 nitrogen and oxygen atoms in total. The maximum atomic E-state index is 5.62. The molecule has 0 bridgehead atoms. The van der Waals surface area contributed by atoms with Gasteiger partial charge in [-0.25, -0.2) is 14.6 Å². The number of aromatic nitrogens is 6. The van der Waals surface area contributed by atoms with Gasteiger partial charge in [-0.2, -0.15) is 0 Å². The highest BCUT2D eigenvalue weighted by molar-refractivity contribution is 5.93. The molecule has 5 rings (SSSR count). The monoisotopic (exact) mass is 389 g/mol. The zero-order valence-electron chi connectivity index (χ0n) is 16.8. The summed E-state index contributed by atoms with van der Waals surface area (Å²) in [6.45, 7) is 6.29. The molecule has 29 heavy (non-hydrogen) atoms. The van der Waals surface area contributed by atoms with Crippen molar-refractivity contribution in [1.29, 1.82) is 0 Å². The van der Waals surface area contributed by atoms with Gasteiger partial charge >= 0.3 is 0 Å². The Hall–Kier alpha value is -3.26. The Labute approximate surface area is 168 Å². The van der Waals surface area contributed by atoms with Crippen LogP contribution in [0.3, 0.4) is 0 Å². The third-order valence-electron chi connectivity index (χ3n) is 5.45.